The van der Waals surface area contributed by atoms with Crippen LogP contribution in [-0.4, -0.2) is 96.6 Å². The number of hydrogen-bond acceptors (Lipinski definition) is 6. The van der Waals surface area contributed by atoms with Crippen LogP contribution in [0.25, 0.3) is 0 Å². The van der Waals surface area contributed by atoms with Crippen LogP contribution in [0.2, 0.25) is 0 Å². The zero-order valence-corrected chi connectivity index (χ0v) is 19.5. The molecule has 0 saturated carbocycles. The number of likely N-dealkylation sites (tertiary alicyclic amines) is 1. The van der Waals surface area contributed by atoms with Crippen molar-refractivity contribution < 1.29 is 32.3 Å². The van der Waals surface area contributed by atoms with Crippen molar-refractivity contribution in [1.82, 2.24) is 25.6 Å². The first-order valence-corrected chi connectivity index (χ1v) is 11.8. The standard InChI is InChI=1S/C23H30F3N5O4/c1-15(32)29-8-10-30(11-9-29)22(34)16-4-2-6-18(12-16)35-14-17-5-3-7-31(17)19-13-27-28-21(33)20(19)23(24,25)26/h2,4,6,12,17,19-20,27H,3,5,7-11,13-14H2,1H3,(H,28,33)/t17-,19?,20?/m0/s1. The fourth-order valence-electron chi connectivity index (χ4n) is 5.08. The third-order valence-corrected chi connectivity index (χ3v) is 6.93. The molecule has 3 amide bonds. The van der Waals surface area contributed by atoms with Gasteiger partial charge in [0, 0.05) is 57.3 Å². The van der Waals surface area contributed by atoms with Crippen LogP contribution >= 0.6 is 0 Å². The number of alkyl halides is 3. The molecule has 35 heavy (non-hydrogen) atoms. The van der Waals surface area contributed by atoms with Gasteiger partial charge in [0.2, 0.25) is 11.8 Å². The number of ether oxygens (including phenoxy) is 1. The topological polar surface area (TPSA) is 94.2 Å². The number of rotatable bonds is 5. The van der Waals surface area contributed by atoms with Crippen molar-refractivity contribution in [1.29, 1.82) is 0 Å². The third-order valence-electron chi connectivity index (χ3n) is 6.93. The molecule has 2 unspecified atom stereocenters. The molecular formula is C23H30F3N5O4. The van der Waals surface area contributed by atoms with Crippen LogP contribution in [0.15, 0.2) is 24.3 Å². The highest BCUT2D eigenvalue weighted by atomic mass is 19.4. The van der Waals surface area contributed by atoms with E-state index in [2.05, 4.69) is 10.9 Å². The van der Waals surface area contributed by atoms with E-state index >= 15 is 0 Å². The van der Waals surface area contributed by atoms with Gasteiger partial charge < -0.3 is 14.5 Å². The third kappa shape index (κ3) is 5.69. The van der Waals surface area contributed by atoms with Crippen molar-refractivity contribution in [3.05, 3.63) is 29.8 Å². The van der Waals surface area contributed by atoms with Gasteiger partial charge in [-0.05, 0) is 37.6 Å². The number of carbonyl (C=O) groups excluding carboxylic acids is 3. The average molecular weight is 498 g/mol. The lowest BCUT2D eigenvalue weighted by molar-refractivity contribution is -0.201. The number of hydrogen-bond donors (Lipinski definition) is 2. The number of nitrogens with zero attached hydrogens (tertiary/aromatic N) is 3. The molecule has 2 N–H and O–H groups in total. The molecule has 1 aromatic carbocycles. The molecule has 0 aliphatic carbocycles. The zero-order chi connectivity index (χ0) is 25.2. The maximum atomic E-state index is 13.6. The molecular weight excluding hydrogens is 467 g/mol. The average Bonchev–Trinajstić information content (AvgIpc) is 3.30. The number of piperazine rings is 1. The number of halogens is 3. The fraction of sp³-hybridized carbons (Fsp3) is 0.609. The van der Waals surface area contributed by atoms with Crippen molar-refractivity contribution in [2.75, 3.05) is 45.9 Å². The van der Waals surface area contributed by atoms with E-state index < -0.39 is 24.0 Å². The minimum absolute atomic E-state index is 0.00665. The maximum absolute atomic E-state index is 13.6. The lowest BCUT2D eigenvalue weighted by Crippen LogP contribution is -2.65. The number of nitrogens with one attached hydrogen (secondary N) is 2. The summed E-state index contributed by atoms with van der Waals surface area (Å²) in [7, 11) is 0. The summed E-state index contributed by atoms with van der Waals surface area (Å²) in [5.41, 5.74) is 5.12. The molecule has 0 spiro atoms. The Morgan fingerprint density at radius 2 is 1.83 bits per heavy atom. The number of carbonyl (C=O) groups is 3. The van der Waals surface area contributed by atoms with Gasteiger partial charge in [-0.3, -0.25) is 24.7 Å². The van der Waals surface area contributed by atoms with Crippen LogP contribution in [0.1, 0.15) is 30.1 Å². The van der Waals surface area contributed by atoms with E-state index in [1.165, 1.54) is 6.92 Å². The summed E-state index contributed by atoms with van der Waals surface area (Å²) in [6, 6.07) is 5.44. The Kier molecular flexibility index (Phi) is 7.50. The first-order valence-electron chi connectivity index (χ1n) is 11.8. The first kappa shape index (κ1) is 25.2. The molecule has 0 aromatic heterocycles. The van der Waals surface area contributed by atoms with Crippen molar-refractivity contribution in [2.45, 2.75) is 38.0 Å². The maximum Gasteiger partial charge on any atom is 0.402 e. The van der Waals surface area contributed by atoms with E-state index in [-0.39, 0.29) is 31.0 Å². The van der Waals surface area contributed by atoms with E-state index in [1.807, 2.05) is 0 Å². The Morgan fingerprint density at radius 1 is 1.11 bits per heavy atom. The van der Waals surface area contributed by atoms with Crippen LogP contribution in [0.4, 0.5) is 13.2 Å². The van der Waals surface area contributed by atoms with E-state index in [0.717, 1.165) is 0 Å². The quantitative estimate of drug-likeness (QED) is 0.631. The minimum Gasteiger partial charge on any atom is -0.492 e. The summed E-state index contributed by atoms with van der Waals surface area (Å²) < 4.78 is 46.7. The van der Waals surface area contributed by atoms with Crippen LogP contribution in [0.5, 0.6) is 5.75 Å². The molecule has 4 rings (SSSR count). The molecule has 12 heteroatoms. The summed E-state index contributed by atoms with van der Waals surface area (Å²) in [6.07, 6.45) is -3.28. The second-order valence-corrected chi connectivity index (χ2v) is 9.13. The lowest BCUT2D eigenvalue weighted by atomic mass is 9.94. The Bertz CT molecular complexity index is 951. The highest BCUT2D eigenvalue weighted by Crippen LogP contribution is 2.35. The second-order valence-electron chi connectivity index (χ2n) is 9.13. The SMILES string of the molecule is CC(=O)N1CCN(C(=O)c2cccc(OC[C@@H]3CCCN3C3CNNC(=O)C3C(F)(F)F)c2)CC1. The molecule has 3 aliphatic rings. The predicted molar refractivity (Wildman–Crippen MR) is 119 cm³/mol. The summed E-state index contributed by atoms with van der Waals surface area (Å²) in [6.45, 7) is 3.97. The van der Waals surface area contributed by atoms with Crippen molar-refractivity contribution in [3.8, 4) is 5.75 Å². The summed E-state index contributed by atoms with van der Waals surface area (Å²) in [4.78, 5) is 41.5. The van der Waals surface area contributed by atoms with Gasteiger partial charge in [0.15, 0.2) is 5.92 Å². The molecule has 1 aromatic rings. The van der Waals surface area contributed by atoms with E-state index in [9.17, 15) is 27.6 Å². The molecule has 3 saturated heterocycles. The van der Waals surface area contributed by atoms with Gasteiger partial charge in [0.05, 0.1) is 0 Å². The highest BCUT2D eigenvalue weighted by molar-refractivity contribution is 5.94. The molecule has 0 radical (unpaired) electrons. The fourth-order valence-corrected chi connectivity index (χ4v) is 5.08. The van der Waals surface area contributed by atoms with Crippen molar-refractivity contribution >= 4 is 17.7 Å². The van der Waals surface area contributed by atoms with Gasteiger partial charge in [0.25, 0.3) is 5.91 Å². The molecule has 192 valence electrons. The van der Waals surface area contributed by atoms with Crippen LogP contribution in [-0.2, 0) is 9.59 Å². The van der Waals surface area contributed by atoms with Gasteiger partial charge in [-0.15, -0.1) is 0 Å². The molecule has 3 atom stereocenters. The number of hydrazine groups is 1. The van der Waals surface area contributed by atoms with Gasteiger partial charge in [-0.2, -0.15) is 13.2 Å². The summed E-state index contributed by atoms with van der Waals surface area (Å²) >= 11 is 0. The Labute approximate surface area is 201 Å². The van der Waals surface area contributed by atoms with Crippen LogP contribution < -0.4 is 15.6 Å². The molecule has 3 heterocycles. The van der Waals surface area contributed by atoms with Crippen molar-refractivity contribution in [2.24, 2.45) is 5.92 Å². The van der Waals surface area contributed by atoms with Crippen molar-refractivity contribution in [3.63, 3.8) is 0 Å². The van der Waals surface area contributed by atoms with E-state index in [0.29, 0.717) is 56.9 Å². The van der Waals surface area contributed by atoms with Gasteiger partial charge >= 0.3 is 6.18 Å². The summed E-state index contributed by atoms with van der Waals surface area (Å²) in [5.74, 6) is -2.89. The van der Waals surface area contributed by atoms with Gasteiger partial charge in [-0.1, -0.05) is 6.07 Å². The highest BCUT2D eigenvalue weighted by Gasteiger charge is 2.54. The molecule has 3 aliphatic heterocycles. The Hall–Kier alpha value is -2.86. The van der Waals surface area contributed by atoms with E-state index in [1.54, 1.807) is 39.0 Å². The first-order chi connectivity index (χ1) is 16.6. The molecule has 0 bridgehead atoms. The second kappa shape index (κ2) is 10.4. The number of amides is 3. The van der Waals surface area contributed by atoms with Crippen LogP contribution in [0.3, 0.4) is 0 Å². The lowest BCUT2D eigenvalue weighted by Gasteiger charge is -2.40. The van der Waals surface area contributed by atoms with E-state index in [4.69, 9.17) is 4.74 Å². The van der Waals surface area contributed by atoms with Gasteiger partial charge in [-0.25, -0.2) is 5.43 Å². The van der Waals surface area contributed by atoms with Gasteiger partial charge in [0.1, 0.15) is 12.4 Å². The normalized spacial score (nSPS) is 25.9. The zero-order valence-electron chi connectivity index (χ0n) is 19.5. The Balaban J connectivity index is 1.38. The number of benzene rings is 1. The minimum atomic E-state index is -4.64. The summed E-state index contributed by atoms with van der Waals surface area (Å²) in [5, 5.41) is 0. The predicted octanol–water partition coefficient (Wildman–Crippen LogP) is 1.02. The smallest absolute Gasteiger partial charge is 0.402 e. The van der Waals surface area contributed by atoms with Crippen LogP contribution in [0, 0.1) is 5.92 Å². The molecule has 3 fully saturated rings. The monoisotopic (exact) mass is 497 g/mol. The molecule has 9 nitrogen and oxygen atoms in total. The largest absolute Gasteiger partial charge is 0.492 e. The Morgan fingerprint density at radius 3 is 2.51 bits per heavy atom.